The molecule has 0 radical (unpaired) electrons. The highest BCUT2D eigenvalue weighted by atomic mass is 16.5. The highest BCUT2D eigenvalue weighted by Gasteiger charge is 2.24. The molecule has 5 nitrogen and oxygen atoms in total. The molecule has 1 aliphatic rings. The molecule has 2 aromatic carbocycles. The number of carbonyl (C=O) groups is 1. The number of nitrogens with zero attached hydrogens (tertiary/aromatic N) is 2. The van der Waals surface area contributed by atoms with Crippen LogP contribution in [-0.2, 0) is 19.9 Å². The van der Waals surface area contributed by atoms with Gasteiger partial charge in [0, 0.05) is 12.6 Å². The van der Waals surface area contributed by atoms with Gasteiger partial charge >= 0.3 is 0 Å². The number of rotatable bonds is 4. The van der Waals surface area contributed by atoms with E-state index in [-0.39, 0.29) is 5.91 Å². The number of fused-ring (bicyclic) bond motifs is 2. The first-order chi connectivity index (χ1) is 12.2. The fourth-order valence-corrected chi connectivity index (χ4v) is 3.61. The number of aromatic nitrogens is 2. The lowest BCUT2D eigenvalue weighted by atomic mass is 10.0. The van der Waals surface area contributed by atoms with Crippen LogP contribution in [0, 0.1) is 0 Å². The summed E-state index contributed by atoms with van der Waals surface area (Å²) >= 11 is 0. The average molecular weight is 335 g/mol. The van der Waals surface area contributed by atoms with Gasteiger partial charge in [-0.2, -0.15) is 5.10 Å². The smallest absolute Gasteiger partial charge is 0.261 e. The van der Waals surface area contributed by atoms with Crippen molar-refractivity contribution in [2.45, 2.75) is 26.2 Å². The third-order valence-corrected chi connectivity index (χ3v) is 4.72. The summed E-state index contributed by atoms with van der Waals surface area (Å²) in [5.41, 5.74) is 2.84. The molecular weight excluding hydrogens is 314 g/mol. The van der Waals surface area contributed by atoms with Gasteiger partial charge in [0.05, 0.1) is 17.9 Å². The molecule has 0 unspecified atom stereocenters. The van der Waals surface area contributed by atoms with E-state index in [4.69, 9.17) is 4.74 Å². The first-order valence-corrected chi connectivity index (χ1v) is 8.69. The highest BCUT2D eigenvalue weighted by molar-refractivity contribution is 6.15. The SMILES string of the molecule is CCOc1ccc2ccccc2c1C(=O)Nc1c2c(nn1C)CCC2. The zero-order valence-corrected chi connectivity index (χ0v) is 14.5. The van der Waals surface area contributed by atoms with Gasteiger partial charge in [0.25, 0.3) is 5.91 Å². The first-order valence-electron chi connectivity index (χ1n) is 8.69. The van der Waals surface area contributed by atoms with E-state index in [1.165, 1.54) is 0 Å². The van der Waals surface area contributed by atoms with E-state index >= 15 is 0 Å². The number of anilines is 1. The first kappa shape index (κ1) is 15.7. The predicted molar refractivity (Wildman–Crippen MR) is 98.3 cm³/mol. The minimum absolute atomic E-state index is 0.155. The Morgan fingerprint density at radius 2 is 2.08 bits per heavy atom. The van der Waals surface area contributed by atoms with Crippen LogP contribution in [0.15, 0.2) is 36.4 Å². The average Bonchev–Trinajstić information content (AvgIpc) is 3.17. The van der Waals surface area contributed by atoms with Crippen LogP contribution in [0.4, 0.5) is 5.82 Å². The number of carbonyl (C=O) groups excluding carboxylic acids is 1. The second-order valence-electron chi connectivity index (χ2n) is 6.30. The molecule has 1 aliphatic carbocycles. The van der Waals surface area contributed by atoms with Crippen LogP contribution in [-0.4, -0.2) is 22.3 Å². The second kappa shape index (κ2) is 6.24. The third kappa shape index (κ3) is 2.65. The van der Waals surface area contributed by atoms with Crippen molar-refractivity contribution in [2.75, 3.05) is 11.9 Å². The molecule has 0 fully saturated rings. The molecule has 25 heavy (non-hydrogen) atoms. The number of nitrogens with one attached hydrogen (secondary N) is 1. The van der Waals surface area contributed by atoms with Crippen LogP contribution in [0.25, 0.3) is 10.8 Å². The topological polar surface area (TPSA) is 56.1 Å². The molecule has 1 heterocycles. The number of amides is 1. The Labute approximate surface area is 146 Å². The lowest BCUT2D eigenvalue weighted by molar-refractivity contribution is 0.102. The molecule has 4 rings (SSSR count). The molecule has 0 saturated carbocycles. The Balaban J connectivity index is 1.78. The van der Waals surface area contributed by atoms with Gasteiger partial charge in [-0.05, 0) is 43.0 Å². The molecule has 3 aromatic rings. The Hall–Kier alpha value is -2.82. The maximum atomic E-state index is 13.1. The number of aryl methyl sites for hydroxylation is 2. The Bertz CT molecular complexity index is 959. The van der Waals surface area contributed by atoms with Crippen molar-refractivity contribution < 1.29 is 9.53 Å². The van der Waals surface area contributed by atoms with E-state index in [0.29, 0.717) is 17.9 Å². The molecule has 0 atom stereocenters. The fraction of sp³-hybridized carbons (Fsp3) is 0.300. The largest absolute Gasteiger partial charge is 0.493 e. The Morgan fingerprint density at radius 3 is 2.92 bits per heavy atom. The van der Waals surface area contributed by atoms with Crippen molar-refractivity contribution in [2.24, 2.45) is 7.05 Å². The normalized spacial score (nSPS) is 13.0. The number of benzene rings is 2. The summed E-state index contributed by atoms with van der Waals surface area (Å²) in [5.74, 6) is 1.25. The van der Waals surface area contributed by atoms with E-state index in [1.807, 2.05) is 50.4 Å². The third-order valence-electron chi connectivity index (χ3n) is 4.72. The molecule has 0 aliphatic heterocycles. The van der Waals surface area contributed by atoms with Gasteiger partial charge in [-0.1, -0.05) is 30.3 Å². The van der Waals surface area contributed by atoms with Crippen molar-refractivity contribution >= 4 is 22.5 Å². The van der Waals surface area contributed by atoms with E-state index in [1.54, 1.807) is 4.68 Å². The molecule has 5 heteroatoms. The van der Waals surface area contributed by atoms with Crippen LogP contribution in [0.1, 0.15) is 35.0 Å². The summed E-state index contributed by atoms with van der Waals surface area (Å²) in [6, 6.07) is 11.7. The summed E-state index contributed by atoms with van der Waals surface area (Å²) in [6.45, 7) is 2.44. The summed E-state index contributed by atoms with van der Waals surface area (Å²) < 4.78 is 7.50. The summed E-state index contributed by atoms with van der Waals surface area (Å²) in [4.78, 5) is 13.1. The molecule has 0 spiro atoms. The Kier molecular flexibility index (Phi) is 3.92. The van der Waals surface area contributed by atoms with Crippen LogP contribution < -0.4 is 10.1 Å². The number of hydrogen-bond donors (Lipinski definition) is 1. The number of hydrogen-bond acceptors (Lipinski definition) is 3. The van der Waals surface area contributed by atoms with Crippen molar-refractivity contribution in [3.63, 3.8) is 0 Å². The van der Waals surface area contributed by atoms with Gasteiger partial charge in [0.1, 0.15) is 11.6 Å². The fourth-order valence-electron chi connectivity index (χ4n) is 3.61. The summed E-state index contributed by atoms with van der Waals surface area (Å²) in [6.07, 6.45) is 3.05. The molecule has 0 bridgehead atoms. The van der Waals surface area contributed by atoms with Gasteiger partial charge in [-0.25, -0.2) is 0 Å². The molecule has 0 saturated heterocycles. The van der Waals surface area contributed by atoms with Gasteiger partial charge in [-0.15, -0.1) is 0 Å². The van der Waals surface area contributed by atoms with Gasteiger partial charge in [0.15, 0.2) is 0 Å². The zero-order chi connectivity index (χ0) is 17.4. The van der Waals surface area contributed by atoms with Crippen molar-refractivity contribution in [3.8, 4) is 5.75 Å². The summed E-state index contributed by atoms with van der Waals surface area (Å²) in [7, 11) is 1.88. The zero-order valence-electron chi connectivity index (χ0n) is 14.5. The maximum Gasteiger partial charge on any atom is 0.261 e. The van der Waals surface area contributed by atoms with Crippen LogP contribution in [0.3, 0.4) is 0 Å². The molecule has 128 valence electrons. The van der Waals surface area contributed by atoms with Crippen LogP contribution in [0.5, 0.6) is 5.75 Å². The molecule has 1 amide bonds. The van der Waals surface area contributed by atoms with E-state index in [0.717, 1.165) is 47.1 Å². The minimum Gasteiger partial charge on any atom is -0.493 e. The lowest BCUT2D eigenvalue weighted by Gasteiger charge is -2.14. The van der Waals surface area contributed by atoms with E-state index < -0.39 is 0 Å². The lowest BCUT2D eigenvalue weighted by Crippen LogP contribution is -2.17. The van der Waals surface area contributed by atoms with Crippen molar-refractivity contribution in [3.05, 3.63) is 53.2 Å². The van der Waals surface area contributed by atoms with Crippen molar-refractivity contribution in [1.29, 1.82) is 0 Å². The van der Waals surface area contributed by atoms with Gasteiger partial charge in [-0.3, -0.25) is 9.48 Å². The predicted octanol–water partition coefficient (Wildman–Crippen LogP) is 3.71. The van der Waals surface area contributed by atoms with E-state index in [2.05, 4.69) is 10.4 Å². The summed E-state index contributed by atoms with van der Waals surface area (Å²) in [5, 5.41) is 9.52. The second-order valence-corrected chi connectivity index (χ2v) is 6.30. The van der Waals surface area contributed by atoms with Crippen LogP contribution in [0.2, 0.25) is 0 Å². The van der Waals surface area contributed by atoms with E-state index in [9.17, 15) is 4.79 Å². The molecule has 1 N–H and O–H groups in total. The van der Waals surface area contributed by atoms with Gasteiger partial charge in [0.2, 0.25) is 0 Å². The number of ether oxygens (including phenoxy) is 1. The molecular formula is C20H21N3O2. The quantitative estimate of drug-likeness (QED) is 0.791. The van der Waals surface area contributed by atoms with Crippen molar-refractivity contribution in [1.82, 2.24) is 9.78 Å². The minimum atomic E-state index is -0.155. The standard InChI is InChI=1S/C20H21N3O2/c1-3-25-17-12-11-13-7-4-5-8-14(13)18(17)20(24)21-19-15-9-6-10-16(15)22-23(19)2/h4-5,7-8,11-12H,3,6,9-10H2,1-2H3,(H,21,24). The monoisotopic (exact) mass is 335 g/mol. The highest BCUT2D eigenvalue weighted by Crippen LogP contribution is 2.32. The molecule has 1 aromatic heterocycles. The maximum absolute atomic E-state index is 13.1. The van der Waals surface area contributed by atoms with Crippen LogP contribution >= 0.6 is 0 Å². The van der Waals surface area contributed by atoms with Gasteiger partial charge < -0.3 is 10.1 Å². The Morgan fingerprint density at radius 1 is 1.24 bits per heavy atom.